The van der Waals surface area contributed by atoms with Crippen LogP contribution in [0.25, 0.3) is 0 Å². The van der Waals surface area contributed by atoms with Gasteiger partial charge in [0.15, 0.2) is 11.1 Å². The standard InChI is InChI=1S/C5H12O2S/c1-5(2,3)7-8(4)6/h1-4H3/t8-/m0/s1. The molecule has 0 bridgehead atoms. The molecule has 0 aliphatic carbocycles. The zero-order chi connectivity index (χ0) is 6.78. The zero-order valence-corrected chi connectivity index (χ0v) is 6.54. The van der Waals surface area contributed by atoms with E-state index in [1.807, 2.05) is 20.8 Å². The highest BCUT2D eigenvalue weighted by Gasteiger charge is 2.11. The molecule has 0 heterocycles. The minimum absolute atomic E-state index is 0.278. The van der Waals surface area contributed by atoms with Gasteiger partial charge in [-0.1, -0.05) is 0 Å². The molecule has 3 heteroatoms. The lowest BCUT2D eigenvalue weighted by Gasteiger charge is -2.15. The van der Waals surface area contributed by atoms with E-state index in [9.17, 15) is 4.21 Å². The Bertz CT molecular complexity index is 93.1. The Morgan fingerprint density at radius 3 is 1.75 bits per heavy atom. The average molecular weight is 136 g/mol. The first-order valence-corrected chi connectivity index (χ1v) is 3.93. The van der Waals surface area contributed by atoms with Crippen LogP contribution in [-0.2, 0) is 15.3 Å². The highest BCUT2D eigenvalue weighted by Crippen LogP contribution is 2.07. The van der Waals surface area contributed by atoms with E-state index in [1.165, 1.54) is 6.26 Å². The quantitative estimate of drug-likeness (QED) is 0.539. The van der Waals surface area contributed by atoms with Crippen LogP contribution in [0.4, 0.5) is 0 Å². The fourth-order valence-corrected chi connectivity index (χ4v) is 1.06. The Kier molecular flexibility index (Phi) is 2.63. The van der Waals surface area contributed by atoms with E-state index in [-0.39, 0.29) is 5.60 Å². The highest BCUT2D eigenvalue weighted by atomic mass is 32.2. The summed E-state index contributed by atoms with van der Waals surface area (Å²) >= 11 is -1.14. The first kappa shape index (κ1) is 8.11. The third-order valence-corrected chi connectivity index (χ3v) is 1.10. The predicted molar refractivity (Wildman–Crippen MR) is 34.9 cm³/mol. The van der Waals surface area contributed by atoms with E-state index in [4.69, 9.17) is 4.18 Å². The molecule has 0 aromatic carbocycles. The first-order valence-electron chi connectivity index (χ1n) is 2.45. The molecule has 0 aliphatic rings. The molecule has 0 rings (SSSR count). The maximum atomic E-state index is 10.3. The minimum atomic E-state index is -1.14. The van der Waals surface area contributed by atoms with Gasteiger partial charge in [0.05, 0.1) is 5.60 Å². The molecule has 0 amide bonds. The molecular weight excluding hydrogens is 124 g/mol. The molecular formula is C5H12O2S. The van der Waals surface area contributed by atoms with E-state index in [0.29, 0.717) is 0 Å². The third-order valence-electron chi connectivity index (χ3n) is 0.367. The van der Waals surface area contributed by atoms with Crippen molar-refractivity contribution in [3.05, 3.63) is 0 Å². The summed E-state index contributed by atoms with van der Waals surface area (Å²) in [5, 5.41) is 0. The van der Waals surface area contributed by atoms with Gasteiger partial charge in [-0.05, 0) is 20.8 Å². The first-order chi connectivity index (χ1) is 3.42. The van der Waals surface area contributed by atoms with Crippen LogP contribution in [0.1, 0.15) is 20.8 Å². The van der Waals surface area contributed by atoms with Gasteiger partial charge in [-0.25, -0.2) is 4.21 Å². The van der Waals surface area contributed by atoms with Crippen LogP contribution in [0.15, 0.2) is 0 Å². The molecule has 0 unspecified atom stereocenters. The molecule has 0 N–H and O–H groups in total. The van der Waals surface area contributed by atoms with Crippen LogP contribution in [0.3, 0.4) is 0 Å². The average Bonchev–Trinajstić information content (AvgIpc) is 1.21. The van der Waals surface area contributed by atoms with E-state index in [2.05, 4.69) is 0 Å². The van der Waals surface area contributed by atoms with Crippen LogP contribution >= 0.6 is 0 Å². The number of rotatable bonds is 1. The summed E-state index contributed by atoms with van der Waals surface area (Å²) in [6.07, 6.45) is 1.52. The molecule has 0 aromatic rings. The number of hydrogen-bond donors (Lipinski definition) is 0. The van der Waals surface area contributed by atoms with Crippen molar-refractivity contribution in [1.29, 1.82) is 0 Å². The van der Waals surface area contributed by atoms with Crippen molar-refractivity contribution in [2.75, 3.05) is 6.26 Å². The second-order valence-corrected chi connectivity index (χ2v) is 3.57. The molecule has 0 saturated carbocycles. The highest BCUT2D eigenvalue weighted by molar-refractivity contribution is 7.79. The molecule has 1 atom stereocenters. The zero-order valence-electron chi connectivity index (χ0n) is 5.72. The van der Waals surface area contributed by atoms with Crippen molar-refractivity contribution in [1.82, 2.24) is 0 Å². The van der Waals surface area contributed by atoms with E-state index in [1.54, 1.807) is 0 Å². The lowest BCUT2D eigenvalue weighted by molar-refractivity contribution is 0.153. The lowest BCUT2D eigenvalue weighted by Crippen LogP contribution is -2.19. The Morgan fingerprint density at radius 2 is 1.75 bits per heavy atom. The van der Waals surface area contributed by atoms with Crippen LogP contribution < -0.4 is 0 Å². The van der Waals surface area contributed by atoms with Crippen molar-refractivity contribution >= 4 is 11.1 Å². The fourth-order valence-electron chi connectivity index (χ4n) is 0.352. The Balaban J connectivity index is 3.55. The second kappa shape index (κ2) is 2.60. The summed E-state index contributed by atoms with van der Waals surface area (Å²) in [4.78, 5) is 0. The van der Waals surface area contributed by atoms with Crippen LogP contribution in [0.2, 0.25) is 0 Å². The monoisotopic (exact) mass is 136 g/mol. The maximum absolute atomic E-state index is 10.3. The molecule has 8 heavy (non-hydrogen) atoms. The summed E-state index contributed by atoms with van der Waals surface area (Å²) in [5.41, 5.74) is -0.278. The van der Waals surface area contributed by atoms with Gasteiger partial charge >= 0.3 is 0 Å². The van der Waals surface area contributed by atoms with Crippen LogP contribution in [-0.4, -0.2) is 16.1 Å². The molecule has 2 nitrogen and oxygen atoms in total. The van der Waals surface area contributed by atoms with Crippen molar-refractivity contribution in [2.45, 2.75) is 26.4 Å². The van der Waals surface area contributed by atoms with Crippen LogP contribution in [0.5, 0.6) is 0 Å². The molecule has 0 radical (unpaired) electrons. The normalized spacial score (nSPS) is 16.0. The second-order valence-electron chi connectivity index (χ2n) is 2.60. The molecule has 0 aromatic heterocycles. The van der Waals surface area contributed by atoms with Gasteiger partial charge in [-0.2, -0.15) is 0 Å². The van der Waals surface area contributed by atoms with Gasteiger partial charge in [0.1, 0.15) is 0 Å². The van der Waals surface area contributed by atoms with E-state index in [0.717, 1.165) is 0 Å². The maximum Gasteiger partial charge on any atom is 0.152 e. The van der Waals surface area contributed by atoms with Gasteiger partial charge in [0, 0.05) is 6.26 Å². The summed E-state index contributed by atoms with van der Waals surface area (Å²) in [6, 6.07) is 0. The molecule has 0 fully saturated rings. The van der Waals surface area contributed by atoms with Crippen molar-refractivity contribution < 1.29 is 8.39 Å². The molecule has 0 saturated heterocycles. The van der Waals surface area contributed by atoms with E-state index >= 15 is 0 Å². The Labute approximate surface area is 52.9 Å². The smallest absolute Gasteiger partial charge is 0.152 e. The van der Waals surface area contributed by atoms with Gasteiger partial charge < -0.3 is 0 Å². The summed E-state index contributed by atoms with van der Waals surface area (Å²) < 4.78 is 15.3. The number of hydrogen-bond acceptors (Lipinski definition) is 2. The molecule has 50 valence electrons. The lowest BCUT2D eigenvalue weighted by atomic mass is 10.2. The third kappa shape index (κ3) is 6.11. The summed E-state index contributed by atoms with van der Waals surface area (Å²) in [6.45, 7) is 5.61. The predicted octanol–water partition coefficient (Wildman–Crippen LogP) is 1.10. The largest absolute Gasteiger partial charge is 0.285 e. The summed E-state index contributed by atoms with van der Waals surface area (Å²) in [7, 11) is 0. The van der Waals surface area contributed by atoms with Crippen LogP contribution in [0, 0.1) is 0 Å². The minimum Gasteiger partial charge on any atom is -0.285 e. The van der Waals surface area contributed by atoms with Gasteiger partial charge in [-0.15, -0.1) is 0 Å². The van der Waals surface area contributed by atoms with Crippen molar-refractivity contribution in [3.63, 3.8) is 0 Å². The van der Waals surface area contributed by atoms with Gasteiger partial charge in [0.2, 0.25) is 0 Å². The Morgan fingerprint density at radius 1 is 1.38 bits per heavy atom. The Hall–Kier alpha value is 0.110. The fraction of sp³-hybridized carbons (Fsp3) is 1.00. The topological polar surface area (TPSA) is 26.3 Å². The SMILES string of the molecule is C[S@@](=O)OC(C)(C)C. The summed E-state index contributed by atoms with van der Waals surface area (Å²) in [5.74, 6) is 0. The van der Waals surface area contributed by atoms with Gasteiger partial charge in [-0.3, -0.25) is 4.18 Å². The van der Waals surface area contributed by atoms with E-state index < -0.39 is 11.1 Å². The molecule has 0 spiro atoms. The van der Waals surface area contributed by atoms with Crippen molar-refractivity contribution in [2.24, 2.45) is 0 Å². The van der Waals surface area contributed by atoms with Gasteiger partial charge in [0.25, 0.3) is 0 Å². The van der Waals surface area contributed by atoms with Crippen molar-refractivity contribution in [3.8, 4) is 0 Å². The molecule has 0 aliphatic heterocycles.